The van der Waals surface area contributed by atoms with Crippen LogP contribution in [0, 0.1) is 17.3 Å². The summed E-state index contributed by atoms with van der Waals surface area (Å²) in [5.41, 5.74) is -0.879. The molecule has 8 nitrogen and oxygen atoms in total. The summed E-state index contributed by atoms with van der Waals surface area (Å²) in [6, 6.07) is 0. The van der Waals surface area contributed by atoms with Crippen LogP contribution in [0.2, 0.25) is 0 Å². The van der Waals surface area contributed by atoms with Crippen LogP contribution in [-0.2, 0) is 14.5 Å². The van der Waals surface area contributed by atoms with Crippen LogP contribution < -0.4 is 0 Å². The van der Waals surface area contributed by atoms with E-state index in [0.717, 1.165) is 6.42 Å². The monoisotopic (exact) mass is 348 g/mol. The first kappa shape index (κ1) is 18.5. The van der Waals surface area contributed by atoms with Crippen molar-refractivity contribution >= 4 is 0 Å². The number of aliphatic hydroxyl groups excluding tert-OH is 5. The molecule has 2 unspecified atom stereocenters. The lowest BCUT2D eigenvalue weighted by molar-refractivity contribution is -0.459. The van der Waals surface area contributed by atoms with Gasteiger partial charge in [0.05, 0.1) is 12.7 Å². The average Bonchev–Trinajstić information content (AvgIpc) is 3.26. The molecule has 0 radical (unpaired) electrons. The van der Waals surface area contributed by atoms with Crippen molar-refractivity contribution < 1.29 is 40.0 Å². The van der Waals surface area contributed by atoms with Crippen LogP contribution in [0.3, 0.4) is 0 Å². The van der Waals surface area contributed by atoms with Crippen LogP contribution in [0.4, 0.5) is 0 Å². The summed E-state index contributed by atoms with van der Waals surface area (Å²) >= 11 is 0. The van der Waals surface area contributed by atoms with Crippen molar-refractivity contribution in [2.75, 3.05) is 6.61 Å². The number of ether oxygens (including phenoxy) is 1. The van der Waals surface area contributed by atoms with Gasteiger partial charge in [-0.05, 0) is 25.2 Å². The van der Waals surface area contributed by atoms with Crippen molar-refractivity contribution in [2.24, 2.45) is 17.3 Å². The van der Waals surface area contributed by atoms with Crippen LogP contribution in [0.25, 0.3) is 0 Å². The molecular weight excluding hydrogens is 320 g/mol. The maximum atomic E-state index is 10.4. The molecule has 0 aromatic heterocycles. The van der Waals surface area contributed by atoms with E-state index in [1.54, 1.807) is 0 Å². The lowest BCUT2D eigenvalue weighted by Crippen LogP contribution is -2.59. The van der Waals surface area contributed by atoms with Gasteiger partial charge in [0, 0.05) is 11.8 Å². The van der Waals surface area contributed by atoms with E-state index in [1.807, 2.05) is 6.92 Å². The first-order chi connectivity index (χ1) is 11.2. The second-order valence-electron chi connectivity index (χ2n) is 7.93. The molecule has 1 aliphatic heterocycles. The molecule has 3 aliphatic rings. The molecule has 24 heavy (non-hydrogen) atoms. The third-order valence-electron chi connectivity index (χ3n) is 6.26. The largest absolute Gasteiger partial charge is 0.394 e. The Bertz CT molecular complexity index is 471. The molecule has 0 aromatic rings. The van der Waals surface area contributed by atoms with Gasteiger partial charge in [0.15, 0.2) is 0 Å². The Labute approximate surface area is 140 Å². The van der Waals surface area contributed by atoms with Gasteiger partial charge in [-0.2, -0.15) is 0 Å². The van der Waals surface area contributed by atoms with E-state index in [2.05, 4.69) is 13.8 Å². The fraction of sp³-hybridized carbons (Fsp3) is 1.00. The zero-order chi connectivity index (χ0) is 17.9. The maximum absolute atomic E-state index is 10.4. The van der Waals surface area contributed by atoms with E-state index in [-0.39, 0.29) is 11.3 Å². The molecule has 140 valence electrons. The zero-order valence-corrected chi connectivity index (χ0v) is 14.2. The Morgan fingerprint density at radius 2 is 1.75 bits per heavy atom. The highest BCUT2D eigenvalue weighted by molar-refractivity contribution is 5.21. The molecule has 8 heteroatoms. The standard InChI is InChI=1S/C16H28O8/c1-7(2)16-4-9(16)15(3,5-10(16)18)24-23-14-13(21)12(20)11(19)8(6-17)22-14/h7-14,17-21H,4-6H2,1-3H3/t8-,9?,10-,11-,12+,13-,14+,15-,16?/m1/s1. The Hall–Kier alpha value is -0.320. The van der Waals surface area contributed by atoms with Gasteiger partial charge in [0.25, 0.3) is 0 Å². The molecule has 3 fully saturated rings. The minimum absolute atomic E-state index is 0.143. The van der Waals surface area contributed by atoms with E-state index in [4.69, 9.17) is 14.5 Å². The normalized spacial score (nSPS) is 54.1. The summed E-state index contributed by atoms with van der Waals surface area (Å²) in [6.45, 7) is 5.47. The van der Waals surface area contributed by atoms with E-state index in [0.29, 0.717) is 12.3 Å². The van der Waals surface area contributed by atoms with Gasteiger partial charge in [-0.25, -0.2) is 9.78 Å². The van der Waals surface area contributed by atoms with Gasteiger partial charge < -0.3 is 30.3 Å². The predicted molar refractivity (Wildman–Crippen MR) is 80.3 cm³/mol. The van der Waals surface area contributed by atoms with Crippen LogP contribution in [0.15, 0.2) is 0 Å². The van der Waals surface area contributed by atoms with Crippen LogP contribution in [-0.4, -0.2) is 74.6 Å². The Balaban J connectivity index is 1.64. The van der Waals surface area contributed by atoms with Crippen molar-refractivity contribution in [3.63, 3.8) is 0 Å². The lowest BCUT2D eigenvalue weighted by atomic mass is 9.88. The molecule has 1 saturated heterocycles. The summed E-state index contributed by atoms with van der Waals surface area (Å²) < 4.78 is 5.26. The lowest BCUT2D eigenvalue weighted by Gasteiger charge is -2.40. The van der Waals surface area contributed by atoms with Crippen molar-refractivity contribution in [3.05, 3.63) is 0 Å². The number of fused-ring (bicyclic) bond motifs is 1. The molecule has 9 atom stereocenters. The Morgan fingerprint density at radius 3 is 2.25 bits per heavy atom. The van der Waals surface area contributed by atoms with Gasteiger partial charge in [-0.1, -0.05) is 13.8 Å². The van der Waals surface area contributed by atoms with Crippen molar-refractivity contribution in [1.29, 1.82) is 0 Å². The van der Waals surface area contributed by atoms with Gasteiger partial charge in [0.1, 0.15) is 30.0 Å². The Morgan fingerprint density at radius 1 is 1.08 bits per heavy atom. The highest BCUT2D eigenvalue weighted by Crippen LogP contribution is 2.71. The summed E-state index contributed by atoms with van der Waals surface area (Å²) in [5, 5.41) is 49.1. The van der Waals surface area contributed by atoms with Gasteiger partial charge >= 0.3 is 0 Å². The van der Waals surface area contributed by atoms with Crippen molar-refractivity contribution in [2.45, 2.75) is 76.0 Å². The van der Waals surface area contributed by atoms with Crippen LogP contribution in [0.1, 0.15) is 33.6 Å². The fourth-order valence-electron chi connectivity index (χ4n) is 4.58. The summed E-state index contributed by atoms with van der Waals surface area (Å²) in [5.74, 6) is 0.458. The first-order valence-corrected chi connectivity index (χ1v) is 8.50. The minimum Gasteiger partial charge on any atom is -0.394 e. The van der Waals surface area contributed by atoms with Gasteiger partial charge in [0.2, 0.25) is 6.29 Å². The molecule has 1 heterocycles. The smallest absolute Gasteiger partial charge is 0.220 e. The molecule has 5 N–H and O–H groups in total. The second-order valence-corrected chi connectivity index (χ2v) is 7.93. The van der Waals surface area contributed by atoms with E-state index >= 15 is 0 Å². The number of aliphatic hydroxyl groups is 5. The molecular formula is C16H28O8. The predicted octanol–water partition coefficient (Wildman–Crippen LogP) is -1.08. The number of rotatable bonds is 5. The molecule has 3 rings (SSSR count). The van der Waals surface area contributed by atoms with E-state index in [1.165, 1.54) is 0 Å². The SMILES string of the molecule is CC(C)C12CC1[C@](C)(OO[C@@H]1O[C@H](CO)[C@@H](O)[C@H](O)[C@H]1O)C[C@H]2O. The molecule has 0 bridgehead atoms. The minimum atomic E-state index is -1.51. The maximum Gasteiger partial charge on any atom is 0.220 e. The summed E-state index contributed by atoms with van der Waals surface area (Å²) in [4.78, 5) is 10.8. The number of hydrogen-bond acceptors (Lipinski definition) is 8. The molecule has 0 amide bonds. The molecule has 2 saturated carbocycles. The van der Waals surface area contributed by atoms with Crippen molar-refractivity contribution in [1.82, 2.24) is 0 Å². The third-order valence-corrected chi connectivity index (χ3v) is 6.26. The molecule has 2 aliphatic carbocycles. The third kappa shape index (κ3) is 2.60. The van der Waals surface area contributed by atoms with E-state index in [9.17, 15) is 25.5 Å². The van der Waals surface area contributed by atoms with Crippen LogP contribution in [0.5, 0.6) is 0 Å². The van der Waals surface area contributed by atoms with Crippen molar-refractivity contribution in [3.8, 4) is 0 Å². The quantitative estimate of drug-likeness (QED) is 0.313. The second kappa shape index (κ2) is 6.14. The topological polar surface area (TPSA) is 129 Å². The Kier molecular flexibility index (Phi) is 4.72. The zero-order valence-electron chi connectivity index (χ0n) is 14.2. The highest BCUT2D eigenvalue weighted by Gasteiger charge is 2.73. The number of hydrogen-bond donors (Lipinski definition) is 5. The summed E-state index contributed by atoms with van der Waals surface area (Å²) in [6.07, 6.45) is -6.06. The fourth-order valence-corrected chi connectivity index (χ4v) is 4.58. The summed E-state index contributed by atoms with van der Waals surface area (Å²) in [7, 11) is 0. The van der Waals surface area contributed by atoms with Gasteiger partial charge in [-0.15, -0.1) is 0 Å². The average molecular weight is 348 g/mol. The highest BCUT2D eigenvalue weighted by atomic mass is 17.2. The van der Waals surface area contributed by atoms with Crippen LogP contribution >= 0.6 is 0 Å². The molecule has 0 spiro atoms. The van der Waals surface area contributed by atoms with E-state index < -0.39 is 49.0 Å². The first-order valence-electron chi connectivity index (χ1n) is 8.50. The molecule has 0 aromatic carbocycles. The van der Waals surface area contributed by atoms with Gasteiger partial charge in [-0.3, -0.25) is 0 Å².